The van der Waals surface area contributed by atoms with Crippen molar-refractivity contribution in [2.45, 2.75) is 49.3 Å². The van der Waals surface area contributed by atoms with Crippen molar-refractivity contribution in [1.29, 1.82) is 0 Å². The van der Waals surface area contributed by atoms with Gasteiger partial charge in [-0.3, -0.25) is 4.79 Å². The largest absolute Gasteiger partial charge is 0.346 e. The van der Waals surface area contributed by atoms with Crippen LogP contribution in [0.2, 0.25) is 0 Å². The molecule has 1 N–H and O–H groups in total. The minimum atomic E-state index is -0.164. The van der Waals surface area contributed by atoms with Crippen molar-refractivity contribution in [2.75, 3.05) is 5.75 Å². The molecule has 2 aromatic rings. The van der Waals surface area contributed by atoms with Gasteiger partial charge in [0.05, 0.1) is 17.0 Å². The molecule has 0 atom stereocenters. The summed E-state index contributed by atoms with van der Waals surface area (Å²) < 4.78 is 5.24. The predicted octanol–water partition coefficient (Wildman–Crippen LogP) is 3.38. The summed E-state index contributed by atoms with van der Waals surface area (Å²) >= 11 is 1.52. The van der Waals surface area contributed by atoms with Gasteiger partial charge in [0.2, 0.25) is 11.8 Å². The molecule has 1 heterocycles. The molecule has 0 bridgehead atoms. The second-order valence-corrected chi connectivity index (χ2v) is 7.65. The summed E-state index contributed by atoms with van der Waals surface area (Å²) in [4.78, 5) is 16.7. The molecule has 1 aromatic carbocycles. The van der Waals surface area contributed by atoms with Crippen molar-refractivity contribution in [3.63, 3.8) is 0 Å². The van der Waals surface area contributed by atoms with Crippen molar-refractivity contribution >= 4 is 17.7 Å². The molecular weight excluding hydrogens is 322 g/mol. The highest BCUT2D eigenvalue weighted by Crippen LogP contribution is 2.41. The third-order valence-electron chi connectivity index (χ3n) is 4.80. The third kappa shape index (κ3) is 3.34. The lowest BCUT2D eigenvalue weighted by Crippen LogP contribution is -2.51. The Kier molecular flexibility index (Phi) is 4.31. The molecule has 0 aliphatic heterocycles. The van der Waals surface area contributed by atoms with Crippen LogP contribution in [0.4, 0.5) is 0 Å². The third-order valence-corrected chi connectivity index (χ3v) is 5.71. The Balaban J connectivity index is 1.28. The van der Waals surface area contributed by atoms with E-state index in [1.54, 1.807) is 0 Å². The normalized spacial score (nSPS) is 18.8. The van der Waals surface area contributed by atoms with Gasteiger partial charge in [-0.15, -0.1) is 11.8 Å². The van der Waals surface area contributed by atoms with Gasteiger partial charge in [0.1, 0.15) is 0 Å². The molecule has 2 aliphatic carbocycles. The summed E-state index contributed by atoms with van der Waals surface area (Å²) in [6.45, 7) is 0. The fourth-order valence-electron chi connectivity index (χ4n) is 3.14. The van der Waals surface area contributed by atoms with E-state index in [-0.39, 0.29) is 11.4 Å². The quantitative estimate of drug-likeness (QED) is 0.835. The van der Waals surface area contributed by atoms with E-state index in [4.69, 9.17) is 4.52 Å². The first-order chi connectivity index (χ1) is 11.8. The number of nitrogens with one attached hydrogen (secondary N) is 1. The first kappa shape index (κ1) is 15.7. The number of amides is 1. The van der Waals surface area contributed by atoms with Crippen molar-refractivity contribution in [3.8, 4) is 0 Å². The second-order valence-electron chi connectivity index (χ2n) is 6.66. The fourth-order valence-corrected chi connectivity index (χ4v) is 3.79. The average Bonchev–Trinajstić information content (AvgIpc) is 3.31. The van der Waals surface area contributed by atoms with Crippen molar-refractivity contribution in [3.05, 3.63) is 47.6 Å². The zero-order valence-corrected chi connectivity index (χ0v) is 14.3. The van der Waals surface area contributed by atoms with Gasteiger partial charge in [-0.05, 0) is 37.7 Å². The Hall–Kier alpha value is -1.82. The molecule has 0 saturated heterocycles. The summed E-state index contributed by atoms with van der Waals surface area (Å²) in [5.41, 5.74) is 1.04. The summed E-state index contributed by atoms with van der Waals surface area (Å²) in [5, 5.41) is 7.24. The molecule has 2 saturated carbocycles. The minimum Gasteiger partial charge on any atom is -0.346 e. The maximum atomic E-state index is 12.3. The smallest absolute Gasteiger partial charge is 0.236 e. The molecule has 126 valence electrons. The van der Waals surface area contributed by atoms with Crippen LogP contribution in [0.3, 0.4) is 0 Å². The van der Waals surface area contributed by atoms with Gasteiger partial charge >= 0.3 is 0 Å². The van der Waals surface area contributed by atoms with Crippen molar-refractivity contribution in [1.82, 2.24) is 15.5 Å². The zero-order valence-electron chi connectivity index (χ0n) is 13.5. The highest BCUT2D eigenvalue weighted by Gasteiger charge is 2.39. The number of thioether (sulfide) groups is 1. The van der Waals surface area contributed by atoms with Gasteiger partial charge in [-0.25, -0.2) is 0 Å². The molecule has 2 fully saturated rings. The van der Waals surface area contributed by atoms with Crippen LogP contribution in [-0.4, -0.2) is 21.8 Å². The van der Waals surface area contributed by atoms with E-state index in [2.05, 4.69) is 27.6 Å². The first-order valence-corrected chi connectivity index (χ1v) is 9.67. The Labute approximate surface area is 145 Å². The Morgan fingerprint density at radius 1 is 1.29 bits per heavy atom. The summed E-state index contributed by atoms with van der Waals surface area (Å²) in [5.74, 6) is 3.02. The molecule has 0 spiro atoms. The minimum absolute atomic E-state index is 0.0745. The number of carbonyl (C=O) groups is 1. The molecule has 5 nitrogen and oxygen atoms in total. The zero-order chi connectivity index (χ0) is 16.4. The van der Waals surface area contributed by atoms with Gasteiger partial charge in [0.15, 0.2) is 5.82 Å². The van der Waals surface area contributed by atoms with Gasteiger partial charge in [-0.1, -0.05) is 35.5 Å². The molecule has 2 aliphatic rings. The number of hydrogen-bond donors (Lipinski definition) is 1. The highest BCUT2D eigenvalue weighted by molar-refractivity contribution is 7.99. The van der Waals surface area contributed by atoms with Crippen LogP contribution in [0, 0.1) is 0 Å². The topological polar surface area (TPSA) is 68.0 Å². The van der Waals surface area contributed by atoms with Crippen LogP contribution in [0.15, 0.2) is 34.9 Å². The average molecular weight is 343 g/mol. The lowest BCUT2D eigenvalue weighted by atomic mass is 9.72. The van der Waals surface area contributed by atoms with Gasteiger partial charge < -0.3 is 9.84 Å². The van der Waals surface area contributed by atoms with Crippen LogP contribution >= 0.6 is 11.8 Å². The number of aromatic nitrogens is 2. The SMILES string of the molecule is O=C(CSCc1nc(C2CC2)no1)NC1(c2ccccc2)CCC1. The van der Waals surface area contributed by atoms with E-state index in [0.29, 0.717) is 23.3 Å². The van der Waals surface area contributed by atoms with Gasteiger partial charge in [-0.2, -0.15) is 4.98 Å². The van der Waals surface area contributed by atoms with E-state index in [1.165, 1.54) is 17.3 Å². The van der Waals surface area contributed by atoms with Crippen LogP contribution in [0.5, 0.6) is 0 Å². The number of carbonyl (C=O) groups excluding carboxylic acids is 1. The molecule has 0 unspecified atom stereocenters. The Bertz CT molecular complexity index is 708. The number of hydrogen-bond acceptors (Lipinski definition) is 5. The number of benzene rings is 1. The van der Waals surface area contributed by atoms with Crippen LogP contribution in [0.1, 0.15) is 55.3 Å². The van der Waals surface area contributed by atoms with Crippen LogP contribution < -0.4 is 5.32 Å². The Morgan fingerprint density at radius 2 is 2.08 bits per heavy atom. The van der Waals surface area contributed by atoms with E-state index in [1.807, 2.05) is 18.2 Å². The summed E-state index contributed by atoms with van der Waals surface area (Å²) in [6, 6.07) is 10.3. The van der Waals surface area contributed by atoms with E-state index < -0.39 is 0 Å². The number of rotatable bonds is 7. The lowest BCUT2D eigenvalue weighted by Gasteiger charge is -2.43. The molecule has 24 heavy (non-hydrogen) atoms. The fraction of sp³-hybridized carbons (Fsp3) is 0.500. The molecule has 0 radical (unpaired) electrons. The number of nitrogens with zero attached hydrogens (tertiary/aromatic N) is 2. The second kappa shape index (κ2) is 6.59. The molecule has 6 heteroatoms. The van der Waals surface area contributed by atoms with E-state index in [9.17, 15) is 4.79 Å². The molecule has 1 aromatic heterocycles. The van der Waals surface area contributed by atoms with Gasteiger partial charge in [0.25, 0.3) is 0 Å². The van der Waals surface area contributed by atoms with E-state index in [0.717, 1.165) is 37.9 Å². The van der Waals surface area contributed by atoms with Gasteiger partial charge in [0, 0.05) is 5.92 Å². The maximum absolute atomic E-state index is 12.3. The monoisotopic (exact) mass is 343 g/mol. The lowest BCUT2D eigenvalue weighted by molar-refractivity contribution is -0.121. The first-order valence-electron chi connectivity index (χ1n) is 8.52. The summed E-state index contributed by atoms with van der Waals surface area (Å²) in [7, 11) is 0. The van der Waals surface area contributed by atoms with E-state index >= 15 is 0 Å². The molecule has 4 rings (SSSR count). The summed E-state index contributed by atoms with van der Waals surface area (Å²) in [6.07, 6.45) is 5.52. The van der Waals surface area contributed by atoms with Crippen molar-refractivity contribution < 1.29 is 9.32 Å². The van der Waals surface area contributed by atoms with Crippen molar-refractivity contribution in [2.24, 2.45) is 0 Å². The highest BCUT2D eigenvalue weighted by atomic mass is 32.2. The standard InChI is InChI=1S/C18H21N3O2S/c22-15(11-24-12-16-19-17(21-23-16)13-7-8-13)20-18(9-4-10-18)14-5-2-1-3-6-14/h1-3,5-6,13H,4,7-12H2,(H,20,22). The molecule has 1 amide bonds. The Morgan fingerprint density at radius 3 is 2.75 bits per heavy atom. The molecular formula is C18H21N3O2S. The van der Waals surface area contributed by atoms with Crippen LogP contribution in [-0.2, 0) is 16.1 Å². The maximum Gasteiger partial charge on any atom is 0.236 e. The van der Waals surface area contributed by atoms with Crippen LogP contribution in [0.25, 0.3) is 0 Å². The predicted molar refractivity (Wildman–Crippen MR) is 92.5 cm³/mol.